The molecule has 2 rings (SSSR count). The Hall–Kier alpha value is -1.98. The van der Waals surface area contributed by atoms with Gasteiger partial charge in [-0.2, -0.15) is 0 Å². The van der Waals surface area contributed by atoms with E-state index < -0.39 is 6.04 Å². The molecule has 2 heterocycles. The molecule has 6 heteroatoms. The molecule has 1 aromatic heterocycles. The van der Waals surface area contributed by atoms with Crippen LogP contribution in [0.25, 0.3) is 0 Å². The van der Waals surface area contributed by atoms with Crippen LogP contribution >= 0.6 is 0 Å². The van der Waals surface area contributed by atoms with Crippen LogP contribution in [0.5, 0.6) is 0 Å². The topological polar surface area (TPSA) is 75.2 Å². The second kappa shape index (κ2) is 5.12. The molecule has 18 heavy (non-hydrogen) atoms. The molecule has 1 saturated heterocycles. The molecule has 2 amide bonds. The molecule has 1 N–H and O–H groups in total. The monoisotopic (exact) mass is 248 g/mol. The minimum absolute atomic E-state index is 0.0965. The summed E-state index contributed by atoms with van der Waals surface area (Å²) in [7, 11) is 0. The van der Waals surface area contributed by atoms with Gasteiger partial charge in [0.2, 0.25) is 11.8 Å². The molecule has 1 fully saturated rings. The predicted molar refractivity (Wildman–Crippen MR) is 64.3 cm³/mol. The summed E-state index contributed by atoms with van der Waals surface area (Å²) in [5.74, 6) is 0.389. The van der Waals surface area contributed by atoms with Gasteiger partial charge in [-0.1, -0.05) is 0 Å². The van der Waals surface area contributed by atoms with E-state index in [1.165, 1.54) is 0 Å². The van der Waals surface area contributed by atoms with Crippen molar-refractivity contribution in [3.05, 3.63) is 24.3 Å². The van der Waals surface area contributed by atoms with E-state index >= 15 is 0 Å². The Bertz CT molecular complexity index is 449. The van der Waals surface area contributed by atoms with Gasteiger partial charge >= 0.3 is 0 Å². The fraction of sp³-hybridized carbons (Fsp3) is 0.500. The Kier molecular flexibility index (Phi) is 3.55. The van der Waals surface area contributed by atoms with Crippen LogP contribution in [-0.2, 0) is 16.1 Å². The van der Waals surface area contributed by atoms with Crippen molar-refractivity contribution in [1.82, 2.24) is 20.2 Å². The number of hydrogen-bond donors (Lipinski definition) is 1. The zero-order valence-corrected chi connectivity index (χ0v) is 10.5. The molecular weight excluding hydrogens is 232 g/mol. The maximum absolute atomic E-state index is 12.2. The summed E-state index contributed by atoms with van der Waals surface area (Å²) in [4.78, 5) is 33.6. The first-order valence-electron chi connectivity index (χ1n) is 5.93. The van der Waals surface area contributed by atoms with Gasteiger partial charge in [0.15, 0.2) is 0 Å². The Balaban J connectivity index is 2.18. The molecule has 1 aliphatic rings. The van der Waals surface area contributed by atoms with Crippen LogP contribution in [-0.4, -0.2) is 38.8 Å². The van der Waals surface area contributed by atoms with E-state index in [1.54, 1.807) is 30.3 Å². The SMILES string of the molecule is CC1NC(=O)CC(C)N(Cc2ncccn2)C1=O. The normalized spacial score (nSPS) is 24.7. The molecule has 2 unspecified atom stereocenters. The summed E-state index contributed by atoms with van der Waals surface area (Å²) >= 11 is 0. The molecule has 0 radical (unpaired) electrons. The Morgan fingerprint density at radius 3 is 2.67 bits per heavy atom. The second-order valence-corrected chi connectivity index (χ2v) is 4.47. The second-order valence-electron chi connectivity index (χ2n) is 4.47. The van der Waals surface area contributed by atoms with Gasteiger partial charge < -0.3 is 10.2 Å². The lowest BCUT2D eigenvalue weighted by molar-refractivity contribution is -0.135. The van der Waals surface area contributed by atoms with Gasteiger partial charge in [0.05, 0.1) is 6.54 Å². The fourth-order valence-electron chi connectivity index (χ4n) is 2.00. The zero-order chi connectivity index (χ0) is 13.1. The maximum atomic E-state index is 12.2. The molecule has 1 aromatic rings. The summed E-state index contributed by atoms with van der Waals surface area (Å²) in [6, 6.07) is 1.09. The highest BCUT2D eigenvalue weighted by Crippen LogP contribution is 2.13. The largest absolute Gasteiger partial charge is 0.345 e. The van der Waals surface area contributed by atoms with Gasteiger partial charge in [0, 0.05) is 24.9 Å². The third kappa shape index (κ3) is 2.64. The van der Waals surface area contributed by atoms with Crippen LogP contribution in [0.1, 0.15) is 26.1 Å². The highest BCUT2D eigenvalue weighted by atomic mass is 16.2. The number of amides is 2. The molecule has 0 spiro atoms. The molecule has 6 nitrogen and oxygen atoms in total. The van der Waals surface area contributed by atoms with Crippen molar-refractivity contribution in [3.63, 3.8) is 0 Å². The van der Waals surface area contributed by atoms with E-state index in [1.807, 2.05) is 6.92 Å². The smallest absolute Gasteiger partial charge is 0.245 e. The molecule has 0 aliphatic carbocycles. The van der Waals surface area contributed by atoms with E-state index in [4.69, 9.17) is 0 Å². The third-order valence-electron chi connectivity index (χ3n) is 2.97. The minimum Gasteiger partial charge on any atom is -0.345 e. The van der Waals surface area contributed by atoms with Gasteiger partial charge in [0.1, 0.15) is 11.9 Å². The lowest BCUT2D eigenvalue weighted by Crippen LogP contribution is -2.44. The van der Waals surface area contributed by atoms with E-state index in [-0.39, 0.29) is 17.9 Å². The van der Waals surface area contributed by atoms with Gasteiger partial charge in [-0.15, -0.1) is 0 Å². The standard InChI is InChI=1S/C12H16N4O2/c1-8-6-11(17)15-9(2)12(18)16(8)7-10-13-4-3-5-14-10/h3-5,8-9H,6-7H2,1-2H3,(H,15,17). The summed E-state index contributed by atoms with van der Waals surface area (Å²) in [5, 5.41) is 2.67. The van der Waals surface area contributed by atoms with E-state index in [9.17, 15) is 9.59 Å². The quantitative estimate of drug-likeness (QED) is 0.805. The maximum Gasteiger partial charge on any atom is 0.245 e. The molecule has 2 atom stereocenters. The molecule has 0 saturated carbocycles. The lowest BCUT2D eigenvalue weighted by Gasteiger charge is -2.26. The highest BCUT2D eigenvalue weighted by molar-refractivity contribution is 5.90. The zero-order valence-electron chi connectivity index (χ0n) is 10.5. The van der Waals surface area contributed by atoms with E-state index in [0.29, 0.717) is 18.8 Å². The summed E-state index contributed by atoms with van der Waals surface area (Å²) in [6.45, 7) is 3.88. The summed E-state index contributed by atoms with van der Waals surface area (Å²) < 4.78 is 0. The number of nitrogens with zero attached hydrogens (tertiary/aromatic N) is 3. The molecule has 96 valence electrons. The van der Waals surface area contributed by atoms with Crippen molar-refractivity contribution in [2.24, 2.45) is 0 Å². The number of carbonyl (C=O) groups excluding carboxylic acids is 2. The molecule has 0 aromatic carbocycles. The lowest BCUT2D eigenvalue weighted by atomic mass is 10.2. The van der Waals surface area contributed by atoms with Gasteiger partial charge in [0.25, 0.3) is 0 Å². The van der Waals surface area contributed by atoms with Crippen molar-refractivity contribution in [1.29, 1.82) is 0 Å². The summed E-state index contributed by atoms with van der Waals surface area (Å²) in [6.07, 6.45) is 3.59. The number of aromatic nitrogens is 2. The van der Waals surface area contributed by atoms with Crippen molar-refractivity contribution in [2.75, 3.05) is 0 Å². The van der Waals surface area contributed by atoms with Crippen molar-refractivity contribution >= 4 is 11.8 Å². The van der Waals surface area contributed by atoms with Gasteiger partial charge in [-0.25, -0.2) is 9.97 Å². The fourth-order valence-corrected chi connectivity index (χ4v) is 2.00. The first kappa shape index (κ1) is 12.5. The van der Waals surface area contributed by atoms with Crippen molar-refractivity contribution in [3.8, 4) is 0 Å². The Morgan fingerprint density at radius 1 is 1.33 bits per heavy atom. The molecule has 0 bridgehead atoms. The minimum atomic E-state index is -0.494. The van der Waals surface area contributed by atoms with Crippen LogP contribution in [0, 0.1) is 0 Å². The molecular formula is C12H16N4O2. The number of carbonyl (C=O) groups is 2. The predicted octanol–water partition coefficient (Wildman–Crippen LogP) is 0.102. The first-order chi connectivity index (χ1) is 8.58. The Labute approximate surface area is 105 Å². The van der Waals surface area contributed by atoms with Crippen molar-refractivity contribution < 1.29 is 9.59 Å². The number of nitrogens with one attached hydrogen (secondary N) is 1. The van der Waals surface area contributed by atoms with Crippen LogP contribution < -0.4 is 5.32 Å². The third-order valence-corrected chi connectivity index (χ3v) is 2.97. The Morgan fingerprint density at radius 2 is 2.00 bits per heavy atom. The van der Waals surface area contributed by atoms with Crippen LogP contribution in [0.4, 0.5) is 0 Å². The van der Waals surface area contributed by atoms with Crippen LogP contribution in [0.2, 0.25) is 0 Å². The van der Waals surface area contributed by atoms with Crippen LogP contribution in [0.3, 0.4) is 0 Å². The van der Waals surface area contributed by atoms with Crippen LogP contribution in [0.15, 0.2) is 18.5 Å². The van der Waals surface area contributed by atoms with Crippen molar-refractivity contribution in [2.45, 2.75) is 38.9 Å². The van der Waals surface area contributed by atoms with E-state index in [2.05, 4.69) is 15.3 Å². The summed E-state index contributed by atoms with van der Waals surface area (Å²) in [5.41, 5.74) is 0. The van der Waals surface area contributed by atoms with Gasteiger partial charge in [-0.05, 0) is 19.9 Å². The number of rotatable bonds is 2. The molecule has 1 aliphatic heterocycles. The average molecular weight is 248 g/mol. The highest BCUT2D eigenvalue weighted by Gasteiger charge is 2.31. The van der Waals surface area contributed by atoms with Gasteiger partial charge in [-0.3, -0.25) is 9.59 Å². The average Bonchev–Trinajstić information content (AvgIpc) is 2.43. The van der Waals surface area contributed by atoms with E-state index in [0.717, 1.165) is 0 Å². The first-order valence-corrected chi connectivity index (χ1v) is 5.93. The number of hydrogen-bond acceptors (Lipinski definition) is 4.